The zero-order valence-corrected chi connectivity index (χ0v) is 11.0. The molecule has 0 atom stereocenters. The van der Waals surface area contributed by atoms with Gasteiger partial charge in [0.25, 0.3) is 0 Å². The summed E-state index contributed by atoms with van der Waals surface area (Å²) in [6, 6.07) is 4.64. The van der Waals surface area contributed by atoms with Crippen molar-refractivity contribution in [2.45, 2.75) is 65.2 Å². The van der Waals surface area contributed by atoms with E-state index in [1.54, 1.807) is 9.75 Å². The maximum atomic E-state index is 2.33. The highest BCUT2D eigenvalue weighted by Gasteiger charge is 1.99. The lowest BCUT2D eigenvalue weighted by Crippen LogP contribution is -1.81. The second-order valence-electron chi connectivity index (χ2n) is 4.28. The van der Waals surface area contributed by atoms with Crippen LogP contribution in [0.5, 0.6) is 0 Å². The number of hydrogen-bond acceptors (Lipinski definition) is 1. The normalized spacial score (nSPS) is 10.8. The van der Waals surface area contributed by atoms with Crippen molar-refractivity contribution in [1.29, 1.82) is 0 Å². The first-order valence-electron chi connectivity index (χ1n) is 6.44. The molecule has 86 valence electrons. The summed E-state index contributed by atoms with van der Waals surface area (Å²) in [4.78, 5) is 3.16. The molecule has 1 rings (SSSR count). The molecule has 0 amide bonds. The van der Waals surface area contributed by atoms with Crippen molar-refractivity contribution < 1.29 is 0 Å². The van der Waals surface area contributed by atoms with E-state index in [9.17, 15) is 0 Å². The van der Waals surface area contributed by atoms with Crippen molar-refractivity contribution >= 4 is 11.3 Å². The first-order valence-corrected chi connectivity index (χ1v) is 7.26. The minimum atomic E-state index is 1.26. The molecule has 15 heavy (non-hydrogen) atoms. The van der Waals surface area contributed by atoms with Gasteiger partial charge in [0.2, 0.25) is 0 Å². The number of rotatable bonds is 8. The monoisotopic (exact) mass is 224 g/mol. The third-order valence-corrected chi connectivity index (χ3v) is 3.95. The molecule has 0 aliphatic heterocycles. The molecule has 1 heterocycles. The topological polar surface area (TPSA) is 0 Å². The van der Waals surface area contributed by atoms with Gasteiger partial charge in [-0.1, -0.05) is 46.0 Å². The Labute approximate surface area is 98.7 Å². The van der Waals surface area contributed by atoms with E-state index in [0.717, 1.165) is 0 Å². The summed E-state index contributed by atoms with van der Waals surface area (Å²) in [7, 11) is 0. The zero-order valence-electron chi connectivity index (χ0n) is 10.2. The van der Waals surface area contributed by atoms with E-state index in [0.29, 0.717) is 0 Å². The summed E-state index contributed by atoms with van der Waals surface area (Å²) in [5.74, 6) is 0. The molecule has 0 N–H and O–H groups in total. The van der Waals surface area contributed by atoms with Gasteiger partial charge in [0.1, 0.15) is 0 Å². The van der Waals surface area contributed by atoms with E-state index in [1.165, 1.54) is 51.4 Å². The zero-order chi connectivity index (χ0) is 10.9. The molecular weight excluding hydrogens is 200 g/mol. The fourth-order valence-electron chi connectivity index (χ4n) is 1.84. The van der Waals surface area contributed by atoms with E-state index < -0.39 is 0 Å². The molecule has 0 saturated carbocycles. The summed E-state index contributed by atoms with van der Waals surface area (Å²) in [5, 5.41) is 0. The summed E-state index contributed by atoms with van der Waals surface area (Å²) in [6.07, 6.45) is 10.8. The van der Waals surface area contributed by atoms with Gasteiger partial charge in [0, 0.05) is 9.75 Å². The Kier molecular flexibility index (Phi) is 6.74. The van der Waals surface area contributed by atoms with Crippen molar-refractivity contribution in [2.75, 3.05) is 0 Å². The maximum Gasteiger partial charge on any atom is 0.00481 e. The third kappa shape index (κ3) is 5.36. The average Bonchev–Trinajstić information content (AvgIpc) is 2.66. The van der Waals surface area contributed by atoms with Gasteiger partial charge in [0.15, 0.2) is 0 Å². The van der Waals surface area contributed by atoms with Crippen LogP contribution in [0.2, 0.25) is 0 Å². The second-order valence-corrected chi connectivity index (χ2v) is 5.54. The predicted octanol–water partition coefficient (Wildman–Crippen LogP) is 5.21. The molecule has 1 heteroatoms. The van der Waals surface area contributed by atoms with Crippen molar-refractivity contribution in [3.8, 4) is 0 Å². The molecule has 1 aromatic rings. The standard InChI is InChI=1S/C14H24S/c1-3-5-6-7-8-10-14-12-11-13(15-14)9-4-2/h11-12H,3-10H2,1-2H3. The van der Waals surface area contributed by atoms with Crippen molar-refractivity contribution in [3.05, 3.63) is 21.9 Å². The van der Waals surface area contributed by atoms with Crippen LogP contribution in [0, 0.1) is 0 Å². The quantitative estimate of drug-likeness (QED) is 0.531. The minimum Gasteiger partial charge on any atom is -0.145 e. The summed E-state index contributed by atoms with van der Waals surface area (Å²) in [5.41, 5.74) is 0. The first kappa shape index (κ1) is 12.8. The van der Waals surface area contributed by atoms with Crippen LogP contribution in [0.15, 0.2) is 12.1 Å². The molecule has 0 aromatic carbocycles. The van der Waals surface area contributed by atoms with Crippen LogP contribution in [-0.2, 0) is 12.8 Å². The van der Waals surface area contributed by atoms with Crippen LogP contribution in [0.4, 0.5) is 0 Å². The molecule has 1 aromatic heterocycles. The predicted molar refractivity (Wildman–Crippen MR) is 70.8 cm³/mol. The number of thiophene rings is 1. The third-order valence-electron chi connectivity index (χ3n) is 2.74. The molecule has 0 spiro atoms. The van der Waals surface area contributed by atoms with E-state index >= 15 is 0 Å². The Balaban J connectivity index is 2.14. The van der Waals surface area contributed by atoms with Crippen LogP contribution in [-0.4, -0.2) is 0 Å². The fraction of sp³-hybridized carbons (Fsp3) is 0.714. The first-order chi connectivity index (χ1) is 7.36. The minimum absolute atomic E-state index is 1.26. The molecule has 0 bridgehead atoms. The molecule has 0 nitrogen and oxygen atoms in total. The highest BCUT2D eigenvalue weighted by Crippen LogP contribution is 2.20. The van der Waals surface area contributed by atoms with Gasteiger partial charge in [-0.05, 0) is 31.4 Å². The van der Waals surface area contributed by atoms with Crippen molar-refractivity contribution in [2.24, 2.45) is 0 Å². The Hall–Kier alpha value is -0.300. The lowest BCUT2D eigenvalue weighted by atomic mass is 10.1. The molecular formula is C14H24S. The largest absolute Gasteiger partial charge is 0.145 e. The van der Waals surface area contributed by atoms with Crippen LogP contribution in [0.3, 0.4) is 0 Å². The molecule has 0 aliphatic carbocycles. The second kappa shape index (κ2) is 7.92. The summed E-state index contributed by atoms with van der Waals surface area (Å²) < 4.78 is 0. The van der Waals surface area contributed by atoms with Crippen molar-refractivity contribution in [3.63, 3.8) is 0 Å². The molecule has 0 fully saturated rings. The van der Waals surface area contributed by atoms with Crippen molar-refractivity contribution in [1.82, 2.24) is 0 Å². The van der Waals surface area contributed by atoms with Crippen LogP contribution < -0.4 is 0 Å². The van der Waals surface area contributed by atoms with Gasteiger partial charge in [-0.3, -0.25) is 0 Å². The molecule has 0 aliphatic rings. The van der Waals surface area contributed by atoms with E-state index in [2.05, 4.69) is 26.0 Å². The molecule has 0 radical (unpaired) electrons. The van der Waals surface area contributed by atoms with Gasteiger partial charge in [0.05, 0.1) is 0 Å². The fourth-order valence-corrected chi connectivity index (χ4v) is 3.00. The summed E-state index contributed by atoms with van der Waals surface area (Å²) in [6.45, 7) is 4.53. The van der Waals surface area contributed by atoms with Gasteiger partial charge in [-0.2, -0.15) is 0 Å². The molecule has 0 saturated heterocycles. The average molecular weight is 224 g/mol. The van der Waals surface area contributed by atoms with Crippen LogP contribution in [0.1, 0.15) is 62.1 Å². The highest BCUT2D eigenvalue weighted by atomic mass is 32.1. The van der Waals surface area contributed by atoms with Gasteiger partial charge < -0.3 is 0 Å². The Morgan fingerprint density at radius 3 is 2.13 bits per heavy atom. The summed E-state index contributed by atoms with van der Waals surface area (Å²) >= 11 is 2.02. The SMILES string of the molecule is CCCCCCCc1ccc(CCC)s1. The van der Waals surface area contributed by atoms with Crippen LogP contribution >= 0.6 is 11.3 Å². The Morgan fingerprint density at radius 2 is 1.47 bits per heavy atom. The van der Waals surface area contributed by atoms with Gasteiger partial charge >= 0.3 is 0 Å². The van der Waals surface area contributed by atoms with E-state index in [4.69, 9.17) is 0 Å². The van der Waals surface area contributed by atoms with Gasteiger partial charge in [-0.15, -0.1) is 11.3 Å². The van der Waals surface area contributed by atoms with Gasteiger partial charge in [-0.25, -0.2) is 0 Å². The maximum absolute atomic E-state index is 2.33. The van der Waals surface area contributed by atoms with Crippen LogP contribution in [0.25, 0.3) is 0 Å². The number of aryl methyl sites for hydroxylation is 2. The number of unbranched alkanes of at least 4 members (excludes halogenated alkanes) is 4. The smallest absolute Gasteiger partial charge is 0.00481 e. The van der Waals surface area contributed by atoms with E-state index in [1.807, 2.05) is 11.3 Å². The lowest BCUT2D eigenvalue weighted by molar-refractivity contribution is 0.634. The Morgan fingerprint density at radius 1 is 0.800 bits per heavy atom. The number of hydrogen-bond donors (Lipinski definition) is 0. The molecule has 0 unspecified atom stereocenters. The lowest BCUT2D eigenvalue weighted by Gasteiger charge is -1.98. The Bertz CT molecular complexity index is 250. The van der Waals surface area contributed by atoms with E-state index in [-0.39, 0.29) is 0 Å². The highest BCUT2D eigenvalue weighted by molar-refractivity contribution is 7.11.